The lowest BCUT2D eigenvalue weighted by Crippen LogP contribution is -2.18. The van der Waals surface area contributed by atoms with Crippen molar-refractivity contribution in [3.05, 3.63) is 62.1 Å². The summed E-state index contributed by atoms with van der Waals surface area (Å²) in [4.78, 5) is 22.3. The van der Waals surface area contributed by atoms with Gasteiger partial charge in [0.15, 0.2) is 0 Å². The van der Waals surface area contributed by atoms with E-state index >= 15 is 0 Å². The first-order valence-electron chi connectivity index (χ1n) is 7.14. The quantitative estimate of drug-likeness (QED) is 0.449. The highest BCUT2D eigenvalue weighted by Gasteiger charge is 2.12. The Kier molecular flexibility index (Phi) is 6.07. The number of rotatable bonds is 6. The molecule has 2 rings (SSSR count). The summed E-state index contributed by atoms with van der Waals surface area (Å²) < 4.78 is 5.69. The van der Waals surface area contributed by atoms with Gasteiger partial charge in [-0.25, -0.2) is 5.43 Å². The van der Waals surface area contributed by atoms with Gasteiger partial charge in [-0.2, -0.15) is 5.10 Å². The molecule has 0 spiro atoms. The molecule has 0 saturated carbocycles. The minimum atomic E-state index is -0.640. The normalized spacial score (nSPS) is 10.6. The molecule has 1 N–H and O–H groups in total. The number of nitro groups is 1. The van der Waals surface area contributed by atoms with Crippen LogP contribution in [-0.2, 0) is 0 Å². The van der Waals surface area contributed by atoms with Gasteiger partial charge < -0.3 is 9.84 Å². The number of carbonyl (C=O) groups is 1. The molecule has 0 aliphatic rings. The largest absolute Gasteiger partial charge is 0.870 e. The van der Waals surface area contributed by atoms with E-state index in [1.807, 2.05) is 0 Å². The monoisotopic (exact) mass is 406 g/mol. The highest BCUT2D eigenvalue weighted by molar-refractivity contribution is 9.10. The average molecular weight is 407 g/mol. The smallest absolute Gasteiger partial charge is 0.273 e. The maximum Gasteiger partial charge on any atom is 0.273 e. The Labute approximate surface area is 151 Å². The second-order valence-electron chi connectivity index (χ2n) is 4.73. The lowest BCUT2D eigenvalue weighted by molar-refractivity contribution is -0.385. The second kappa shape index (κ2) is 8.25. The SMILES string of the molecule is CCOc1cc([N+](=O)[O-])cc(/C=N\NC(=O)c2ccccc2Br)c1[O-]. The van der Waals surface area contributed by atoms with E-state index in [9.17, 15) is 20.0 Å². The molecule has 0 atom stereocenters. The van der Waals surface area contributed by atoms with Crippen LogP contribution in [0.25, 0.3) is 0 Å². The Hall–Kier alpha value is -2.94. The van der Waals surface area contributed by atoms with Gasteiger partial charge in [-0.1, -0.05) is 17.9 Å². The molecule has 9 heteroatoms. The molecule has 0 unspecified atom stereocenters. The van der Waals surface area contributed by atoms with Gasteiger partial charge in [0.2, 0.25) is 0 Å². The first-order chi connectivity index (χ1) is 11.9. The van der Waals surface area contributed by atoms with Crippen LogP contribution in [0.15, 0.2) is 46.0 Å². The molecule has 0 aliphatic carbocycles. The van der Waals surface area contributed by atoms with Crippen molar-refractivity contribution >= 4 is 33.7 Å². The standard InChI is InChI=1S/C16H14BrN3O5/c1-2-25-14-8-11(20(23)24)7-10(15(14)21)9-18-19-16(22)12-5-3-4-6-13(12)17/h3-9,21H,2H2,1H3,(H,19,22)/p-1/b18-9-. The van der Waals surface area contributed by atoms with Crippen LogP contribution in [0.3, 0.4) is 0 Å². The summed E-state index contributed by atoms with van der Waals surface area (Å²) in [6, 6.07) is 8.86. The molecule has 2 aromatic carbocycles. The summed E-state index contributed by atoms with van der Waals surface area (Å²) in [5.74, 6) is -1.19. The van der Waals surface area contributed by atoms with Gasteiger partial charge in [-0.05, 0) is 40.5 Å². The number of nitro benzene ring substituents is 1. The summed E-state index contributed by atoms with van der Waals surface area (Å²) in [5.41, 5.74) is 2.26. The van der Waals surface area contributed by atoms with Crippen LogP contribution in [0.5, 0.6) is 11.5 Å². The van der Waals surface area contributed by atoms with Crippen molar-refractivity contribution in [2.75, 3.05) is 6.61 Å². The van der Waals surface area contributed by atoms with Crippen LogP contribution in [0.4, 0.5) is 5.69 Å². The molecular weight excluding hydrogens is 394 g/mol. The second-order valence-corrected chi connectivity index (χ2v) is 5.59. The molecule has 0 heterocycles. The number of halogens is 1. The van der Waals surface area contributed by atoms with Gasteiger partial charge in [0.05, 0.1) is 29.4 Å². The Balaban J connectivity index is 2.24. The first kappa shape index (κ1) is 18.4. The number of non-ortho nitro benzene ring substituents is 1. The van der Waals surface area contributed by atoms with Crippen LogP contribution >= 0.6 is 15.9 Å². The highest BCUT2D eigenvalue weighted by Crippen LogP contribution is 2.31. The maximum absolute atomic E-state index is 12.2. The van der Waals surface area contributed by atoms with Gasteiger partial charge in [-0.3, -0.25) is 14.9 Å². The van der Waals surface area contributed by atoms with Crippen LogP contribution in [-0.4, -0.2) is 23.7 Å². The lowest BCUT2D eigenvalue weighted by Gasteiger charge is -2.16. The van der Waals surface area contributed by atoms with Crippen LogP contribution in [0.2, 0.25) is 0 Å². The summed E-state index contributed by atoms with van der Waals surface area (Å²) in [6.45, 7) is 1.84. The lowest BCUT2D eigenvalue weighted by atomic mass is 10.1. The number of hydrogen-bond donors (Lipinski definition) is 1. The van der Waals surface area contributed by atoms with E-state index in [0.717, 1.165) is 18.3 Å². The predicted octanol–water partition coefficient (Wildman–Crippen LogP) is 2.59. The molecule has 0 radical (unpaired) electrons. The van der Waals surface area contributed by atoms with E-state index in [0.29, 0.717) is 10.0 Å². The Morgan fingerprint density at radius 2 is 2.12 bits per heavy atom. The van der Waals surface area contributed by atoms with E-state index in [1.54, 1.807) is 31.2 Å². The number of nitrogens with zero attached hydrogens (tertiary/aromatic N) is 2. The fourth-order valence-corrected chi connectivity index (χ4v) is 2.40. The van der Waals surface area contributed by atoms with Crippen molar-refractivity contribution in [3.63, 3.8) is 0 Å². The minimum absolute atomic E-state index is 0.0647. The average Bonchev–Trinajstić information content (AvgIpc) is 2.58. The van der Waals surface area contributed by atoms with E-state index in [4.69, 9.17) is 4.74 Å². The van der Waals surface area contributed by atoms with E-state index in [-0.39, 0.29) is 23.6 Å². The third-order valence-electron chi connectivity index (χ3n) is 3.07. The van der Waals surface area contributed by atoms with Crippen molar-refractivity contribution in [1.82, 2.24) is 5.43 Å². The number of nitrogens with one attached hydrogen (secondary N) is 1. The molecule has 0 fully saturated rings. The number of hydrogen-bond acceptors (Lipinski definition) is 6. The fourth-order valence-electron chi connectivity index (χ4n) is 1.94. The van der Waals surface area contributed by atoms with Gasteiger partial charge >= 0.3 is 0 Å². The Morgan fingerprint density at radius 3 is 2.76 bits per heavy atom. The molecule has 8 nitrogen and oxygen atoms in total. The third-order valence-corrected chi connectivity index (χ3v) is 3.76. The zero-order valence-electron chi connectivity index (χ0n) is 13.1. The zero-order chi connectivity index (χ0) is 18.4. The van der Waals surface area contributed by atoms with Gasteiger partial charge in [0, 0.05) is 10.5 Å². The number of hydrazone groups is 1. The van der Waals surface area contributed by atoms with Crippen LogP contribution in [0.1, 0.15) is 22.8 Å². The topological polar surface area (TPSA) is 117 Å². The van der Waals surface area contributed by atoms with Gasteiger partial charge in [0.1, 0.15) is 5.75 Å². The first-order valence-corrected chi connectivity index (χ1v) is 7.93. The highest BCUT2D eigenvalue weighted by atomic mass is 79.9. The summed E-state index contributed by atoms with van der Waals surface area (Å²) in [7, 11) is 0. The maximum atomic E-state index is 12.2. The van der Waals surface area contributed by atoms with E-state index in [2.05, 4.69) is 26.5 Å². The fraction of sp³-hybridized carbons (Fsp3) is 0.125. The number of ether oxygens (including phenoxy) is 1. The molecule has 1 amide bonds. The molecule has 25 heavy (non-hydrogen) atoms. The Bertz CT molecular complexity index is 839. The van der Waals surface area contributed by atoms with Crippen LogP contribution in [0, 0.1) is 10.1 Å². The predicted molar refractivity (Wildman–Crippen MR) is 92.9 cm³/mol. The molecule has 0 bridgehead atoms. The van der Waals surface area contributed by atoms with E-state index in [1.165, 1.54) is 0 Å². The summed E-state index contributed by atoms with van der Waals surface area (Å²) >= 11 is 3.24. The molecule has 0 aliphatic heterocycles. The summed E-state index contributed by atoms with van der Waals surface area (Å²) in [6.07, 6.45) is 1.05. The molecule has 0 saturated heterocycles. The van der Waals surface area contributed by atoms with Crippen molar-refractivity contribution in [2.45, 2.75) is 6.92 Å². The van der Waals surface area contributed by atoms with Crippen molar-refractivity contribution in [3.8, 4) is 11.5 Å². The van der Waals surface area contributed by atoms with Gasteiger partial charge in [-0.15, -0.1) is 0 Å². The van der Waals surface area contributed by atoms with Crippen molar-refractivity contribution < 1.29 is 19.6 Å². The van der Waals surface area contributed by atoms with Crippen molar-refractivity contribution in [1.29, 1.82) is 0 Å². The number of amides is 1. The van der Waals surface area contributed by atoms with Crippen LogP contribution < -0.4 is 15.3 Å². The van der Waals surface area contributed by atoms with Crippen molar-refractivity contribution in [2.24, 2.45) is 5.10 Å². The third kappa shape index (κ3) is 4.54. The van der Waals surface area contributed by atoms with Gasteiger partial charge in [0.25, 0.3) is 11.6 Å². The number of benzene rings is 2. The minimum Gasteiger partial charge on any atom is -0.870 e. The molecule has 2 aromatic rings. The zero-order valence-corrected chi connectivity index (χ0v) is 14.6. The van der Waals surface area contributed by atoms with E-state index < -0.39 is 16.6 Å². The molecule has 130 valence electrons. The number of carbonyl (C=O) groups excluding carboxylic acids is 1. The Morgan fingerprint density at radius 1 is 1.40 bits per heavy atom. The molecule has 0 aromatic heterocycles. The summed E-state index contributed by atoms with van der Waals surface area (Å²) in [5, 5.41) is 26.8. The molecular formula is C16H13BrN3O5-.